The number of furan rings is 1. The van der Waals surface area contributed by atoms with Crippen LogP contribution in [0.2, 0.25) is 0 Å². The van der Waals surface area contributed by atoms with Gasteiger partial charge in [0, 0.05) is 35.0 Å². The van der Waals surface area contributed by atoms with E-state index in [0.717, 1.165) is 16.6 Å². The smallest absolute Gasteiger partial charge is 0.251 e. The van der Waals surface area contributed by atoms with Crippen LogP contribution < -0.4 is 20.7 Å². The second kappa shape index (κ2) is 13.0. The Kier molecular flexibility index (Phi) is 9.16. The zero-order valence-electron chi connectivity index (χ0n) is 25.8. The average molecular weight is 629 g/mol. The maximum absolute atomic E-state index is 12.6. The van der Waals surface area contributed by atoms with Crippen molar-refractivity contribution in [2.45, 2.75) is 39.8 Å². The summed E-state index contributed by atoms with van der Waals surface area (Å²) in [5, 5.41) is 10.2. The van der Waals surface area contributed by atoms with E-state index in [9.17, 15) is 13.2 Å². The third-order valence-electron chi connectivity index (χ3n) is 6.63. The molecule has 0 aliphatic carbocycles. The van der Waals surface area contributed by atoms with Crippen molar-refractivity contribution in [1.82, 2.24) is 25.6 Å². The highest BCUT2D eigenvalue weighted by molar-refractivity contribution is 7.90. The first-order chi connectivity index (χ1) is 21.3. The van der Waals surface area contributed by atoms with Crippen molar-refractivity contribution < 1.29 is 22.4 Å². The van der Waals surface area contributed by atoms with Gasteiger partial charge in [0.05, 0.1) is 24.0 Å². The van der Waals surface area contributed by atoms with Crippen LogP contribution in [0.3, 0.4) is 0 Å². The van der Waals surface area contributed by atoms with Gasteiger partial charge in [0.25, 0.3) is 5.91 Å². The van der Waals surface area contributed by atoms with Gasteiger partial charge in [0.15, 0.2) is 5.76 Å². The molecule has 3 heterocycles. The Morgan fingerprint density at radius 3 is 2.58 bits per heavy atom. The van der Waals surface area contributed by atoms with Gasteiger partial charge in [-0.1, -0.05) is 6.07 Å². The zero-order valence-corrected chi connectivity index (χ0v) is 26.7. The van der Waals surface area contributed by atoms with Crippen LogP contribution in [0.15, 0.2) is 77.6 Å². The molecule has 45 heavy (non-hydrogen) atoms. The van der Waals surface area contributed by atoms with Crippen molar-refractivity contribution >= 4 is 38.2 Å². The van der Waals surface area contributed by atoms with Crippen molar-refractivity contribution in [1.29, 1.82) is 0 Å². The second-order valence-electron chi connectivity index (χ2n) is 11.8. The van der Waals surface area contributed by atoms with Gasteiger partial charge in [-0.25, -0.2) is 18.4 Å². The van der Waals surface area contributed by atoms with Gasteiger partial charge in [0.1, 0.15) is 44.9 Å². The van der Waals surface area contributed by atoms with Crippen LogP contribution in [-0.4, -0.2) is 53.4 Å². The van der Waals surface area contributed by atoms with Gasteiger partial charge in [-0.2, -0.15) is 0 Å². The van der Waals surface area contributed by atoms with Gasteiger partial charge in [-0.05, 0) is 87.9 Å². The molecule has 0 saturated carbocycles. The average Bonchev–Trinajstić information content (AvgIpc) is 3.45. The van der Waals surface area contributed by atoms with E-state index in [2.05, 4.69) is 30.9 Å². The minimum Gasteiger partial charge on any atom is -0.458 e. The van der Waals surface area contributed by atoms with Crippen LogP contribution in [0.1, 0.15) is 42.5 Å². The molecule has 0 spiro atoms. The summed E-state index contributed by atoms with van der Waals surface area (Å²) in [6.45, 7) is 8.50. The number of fused-ring (bicyclic) bond motifs is 1. The number of pyridine rings is 1. The lowest BCUT2D eigenvalue weighted by molar-refractivity contribution is 0.0919. The Bertz CT molecular complexity index is 1950. The fourth-order valence-corrected chi connectivity index (χ4v) is 5.01. The Morgan fingerprint density at radius 2 is 1.82 bits per heavy atom. The number of aryl methyl sites for hydroxylation is 1. The summed E-state index contributed by atoms with van der Waals surface area (Å²) in [6, 6.07) is 18.3. The molecule has 12 heteroatoms. The van der Waals surface area contributed by atoms with E-state index >= 15 is 0 Å². The van der Waals surface area contributed by atoms with E-state index < -0.39 is 9.84 Å². The maximum atomic E-state index is 12.6. The fourth-order valence-electron chi connectivity index (χ4n) is 4.49. The first kappa shape index (κ1) is 31.6. The van der Waals surface area contributed by atoms with E-state index in [1.165, 1.54) is 12.6 Å². The molecule has 2 aromatic carbocycles. The Balaban J connectivity index is 1.30. The topological polar surface area (TPSA) is 148 Å². The summed E-state index contributed by atoms with van der Waals surface area (Å²) in [4.78, 5) is 26.0. The van der Waals surface area contributed by atoms with Crippen LogP contribution in [0.5, 0.6) is 11.5 Å². The predicted molar refractivity (Wildman–Crippen MR) is 175 cm³/mol. The summed E-state index contributed by atoms with van der Waals surface area (Å²) in [7, 11) is -3.03. The van der Waals surface area contributed by atoms with Crippen LogP contribution in [-0.2, 0) is 16.4 Å². The molecule has 0 bridgehead atoms. The molecule has 0 radical (unpaired) electrons. The molecule has 5 aromatic rings. The molecule has 0 aliphatic heterocycles. The zero-order chi connectivity index (χ0) is 32.2. The number of carbonyl (C=O) groups is 1. The highest BCUT2D eigenvalue weighted by Gasteiger charge is 2.16. The third kappa shape index (κ3) is 8.64. The number of nitrogens with zero attached hydrogens (tertiary/aromatic N) is 3. The summed E-state index contributed by atoms with van der Waals surface area (Å²) in [5.74, 6) is 2.96. The lowest BCUT2D eigenvalue weighted by atomic mass is 10.1. The number of ether oxygens (including phenoxy) is 1. The quantitative estimate of drug-likeness (QED) is 0.153. The second-order valence-corrected chi connectivity index (χ2v) is 14.1. The van der Waals surface area contributed by atoms with Crippen molar-refractivity contribution in [3.05, 3.63) is 90.1 Å². The highest BCUT2D eigenvalue weighted by atomic mass is 32.2. The monoisotopic (exact) mass is 628 g/mol. The SMILES string of the molecule is Cc1cc(Nc2ncnc3cnc(-c4ccc(CNCCS(C)(=O)=O)o4)cc23)ccc1Oc1cccc(C(=O)NC(C)(C)C)c1. The normalized spacial score (nSPS) is 11.8. The number of aromatic nitrogens is 3. The highest BCUT2D eigenvalue weighted by Crippen LogP contribution is 2.31. The summed E-state index contributed by atoms with van der Waals surface area (Å²) in [5.41, 5.74) is 3.15. The van der Waals surface area contributed by atoms with Crippen molar-refractivity contribution in [2.24, 2.45) is 0 Å². The van der Waals surface area contributed by atoms with Gasteiger partial charge in [0.2, 0.25) is 0 Å². The Hall–Kier alpha value is -4.81. The first-order valence-corrected chi connectivity index (χ1v) is 16.5. The molecule has 0 fully saturated rings. The molecule has 0 unspecified atom stereocenters. The van der Waals surface area contributed by atoms with E-state index in [1.807, 2.05) is 70.2 Å². The number of carbonyl (C=O) groups excluding carboxylic acids is 1. The number of hydrogen-bond acceptors (Lipinski definition) is 10. The summed E-state index contributed by atoms with van der Waals surface area (Å²) >= 11 is 0. The molecule has 0 aliphatic rings. The van der Waals surface area contributed by atoms with Crippen LogP contribution >= 0.6 is 0 Å². The molecule has 1 amide bonds. The molecule has 0 saturated heterocycles. The van der Waals surface area contributed by atoms with E-state index in [-0.39, 0.29) is 17.2 Å². The van der Waals surface area contributed by atoms with Crippen LogP contribution in [0.25, 0.3) is 22.4 Å². The van der Waals surface area contributed by atoms with E-state index in [0.29, 0.717) is 58.7 Å². The van der Waals surface area contributed by atoms with Crippen LogP contribution in [0, 0.1) is 6.92 Å². The Morgan fingerprint density at radius 1 is 1.00 bits per heavy atom. The molecule has 3 N–H and O–H groups in total. The van der Waals surface area contributed by atoms with Gasteiger partial charge in [-0.3, -0.25) is 9.78 Å². The van der Waals surface area contributed by atoms with Crippen LogP contribution in [0.4, 0.5) is 11.5 Å². The Labute approximate surface area is 262 Å². The van der Waals surface area contributed by atoms with E-state index in [1.54, 1.807) is 24.4 Å². The molecule has 3 aromatic heterocycles. The van der Waals surface area contributed by atoms with Gasteiger partial charge < -0.3 is 25.1 Å². The molecule has 11 nitrogen and oxygen atoms in total. The lowest BCUT2D eigenvalue weighted by Gasteiger charge is -2.20. The summed E-state index contributed by atoms with van der Waals surface area (Å²) in [6.07, 6.45) is 4.36. The number of nitrogens with one attached hydrogen (secondary N) is 3. The van der Waals surface area contributed by atoms with Gasteiger partial charge in [-0.15, -0.1) is 0 Å². The minimum atomic E-state index is -3.03. The number of sulfone groups is 1. The number of anilines is 2. The van der Waals surface area contributed by atoms with Crippen molar-refractivity contribution in [3.63, 3.8) is 0 Å². The standard InChI is InChI=1S/C33H36N6O5S/c1-21-15-23(9-11-29(21)43-24-8-6-7-22(16-24)32(40)39-33(2,3)4)38-31-26-17-27(35-19-28(26)36-20-37-31)30-12-10-25(44-30)18-34-13-14-45(5,41)42/h6-12,15-17,19-20,34H,13-14,18H2,1-5H3,(H,39,40)(H,36,37,38). The van der Waals surface area contributed by atoms with Gasteiger partial charge >= 0.3 is 0 Å². The first-order valence-electron chi connectivity index (χ1n) is 14.4. The number of hydrogen-bond donors (Lipinski definition) is 3. The largest absolute Gasteiger partial charge is 0.458 e. The van der Waals surface area contributed by atoms with Crippen molar-refractivity contribution in [2.75, 3.05) is 23.9 Å². The number of rotatable bonds is 11. The molecule has 0 atom stereocenters. The number of benzene rings is 2. The molecule has 234 valence electrons. The molecular weight excluding hydrogens is 592 g/mol. The van der Waals surface area contributed by atoms with Crippen molar-refractivity contribution in [3.8, 4) is 23.0 Å². The maximum Gasteiger partial charge on any atom is 0.251 e. The third-order valence-corrected chi connectivity index (χ3v) is 7.58. The molecule has 5 rings (SSSR count). The predicted octanol–water partition coefficient (Wildman–Crippen LogP) is 5.79. The lowest BCUT2D eigenvalue weighted by Crippen LogP contribution is -2.40. The minimum absolute atomic E-state index is 0.0592. The number of amides is 1. The summed E-state index contributed by atoms with van der Waals surface area (Å²) < 4.78 is 34.8. The van der Waals surface area contributed by atoms with E-state index in [4.69, 9.17) is 9.15 Å². The molecular formula is C33H36N6O5S. The fraction of sp³-hybridized carbons (Fsp3) is 0.273.